The Balaban J connectivity index is 1.60. The Bertz CT molecular complexity index is 1660. The number of rotatable bonds is 10. The lowest BCUT2D eigenvalue weighted by Crippen LogP contribution is -2.44. The highest BCUT2D eigenvalue weighted by Gasteiger charge is 2.50. The predicted octanol–water partition coefficient (Wildman–Crippen LogP) is 3.80. The predicted molar refractivity (Wildman–Crippen MR) is 158 cm³/mol. The van der Waals surface area contributed by atoms with E-state index in [0.29, 0.717) is 17.1 Å². The number of nitrogens with zero attached hydrogens (tertiary/aromatic N) is 2. The third-order valence-corrected chi connectivity index (χ3v) is 7.91. The normalized spacial score (nSPS) is 20.0. The molecule has 1 fully saturated rings. The van der Waals surface area contributed by atoms with E-state index in [1.807, 2.05) is 84.9 Å². The zero-order valence-electron chi connectivity index (χ0n) is 24.2. The molecule has 3 aromatic carbocycles. The van der Waals surface area contributed by atoms with Gasteiger partial charge in [0.1, 0.15) is 35.0 Å². The fourth-order valence-electron chi connectivity index (χ4n) is 5.55. The second-order valence-electron chi connectivity index (χ2n) is 10.5. The topological polar surface area (TPSA) is 136 Å². The molecule has 10 nitrogen and oxygen atoms in total. The molecule has 0 aliphatic carbocycles. The van der Waals surface area contributed by atoms with Crippen molar-refractivity contribution in [2.24, 2.45) is 0 Å². The van der Waals surface area contributed by atoms with Crippen molar-refractivity contribution in [3.8, 4) is 17.6 Å². The molecule has 0 saturated carbocycles. The number of aromatic amines is 1. The quantitative estimate of drug-likeness (QED) is 0.269. The summed E-state index contributed by atoms with van der Waals surface area (Å²) in [5.41, 5.74) is -1.28. The first kappa shape index (κ1) is 29.8. The smallest absolute Gasteiger partial charge is 0.330 e. The van der Waals surface area contributed by atoms with Crippen LogP contribution in [-0.4, -0.2) is 47.2 Å². The average Bonchev–Trinajstić information content (AvgIpc) is 3.35. The van der Waals surface area contributed by atoms with Gasteiger partial charge in [-0.3, -0.25) is 14.3 Å². The van der Waals surface area contributed by atoms with E-state index in [1.165, 1.54) is 10.8 Å². The standard InChI is InChI=1S/C33H33N3O7/c1-22-20-36(31(38)35-30(22)37)29-19-32(39,17-18-34)28(43-29)21-42-33(23-7-5-4-6-8-23,24-9-13-26(40-2)14-10-24)25-11-15-27(41-3)16-12-25/h4-16,20,28-29,39H,17,19,21H2,1-3H3,(H,35,37,38)/t28-,29-,32+/m1/s1. The number of aromatic nitrogens is 2. The van der Waals surface area contributed by atoms with Crippen molar-refractivity contribution in [3.63, 3.8) is 0 Å². The number of nitrogens with one attached hydrogen (secondary N) is 1. The molecule has 2 N–H and O–H groups in total. The monoisotopic (exact) mass is 583 g/mol. The van der Waals surface area contributed by atoms with Crippen LogP contribution in [0.1, 0.15) is 41.3 Å². The Labute approximate surface area is 248 Å². The first-order valence-corrected chi connectivity index (χ1v) is 13.8. The second kappa shape index (κ2) is 12.3. The Morgan fingerprint density at radius 3 is 2.07 bits per heavy atom. The van der Waals surface area contributed by atoms with Crippen LogP contribution in [0.2, 0.25) is 0 Å². The van der Waals surface area contributed by atoms with Crippen LogP contribution in [0.3, 0.4) is 0 Å². The molecule has 0 amide bonds. The highest BCUT2D eigenvalue weighted by molar-refractivity contribution is 5.49. The molecular weight excluding hydrogens is 550 g/mol. The lowest BCUT2D eigenvalue weighted by Gasteiger charge is -2.38. The summed E-state index contributed by atoms with van der Waals surface area (Å²) in [5.74, 6) is 1.35. The van der Waals surface area contributed by atoms with Gasteiger partial charge >= 0.3 is 5.69 Å². The van der Waals surface area contributed by atoms with Gasteiger partial charge in [0.2, 0.25) is 0 Å². The van der Waals surface area contributed by atoms with Crippen molar-refractivity contribution >= 4 is 0 Å². The maximum Gasteiger partial charge on any atom is 0.330 e. The number of H-pyrrole nitrogens is 1. The zero-order chi connectivity index (χ0) is 30.6. The fourth-order valence-corrected chi connectivity index (χ4v) is 5.55. The van der Waals surface area contributed by atoms with E-state index in [4.69, 9.17) is 18.9 Å². The third-order valence-electron chi connectivity index (χ3n) is 7.91. The van der Waals surface area contributed by atoms with Gasteiger partial charge in [-0.15, -0.1) is 0 Å². The first-order valence-electron chi connectivity index (χ1n) is 13.8. The van der Waals surface area contributed by atoms with Crippen LogP contribution in [0.25, 0.3) is 0 Å². The van der Waals surface area contributed by atoms with Crippen molar-refractivity contribution in [2.45, 2.75) is 43.3 Å². The second-order valence-corrected chi connectivity index (χ2v) is 10.5. The molecule has 0 radical (unpaired) electrons. The minimum Gasteiger partial charge on any atom is -0.497 e. The lowest BCUT2D eigenvalue weighted by molar-refractivity contribution is -0.119. The molecule has 1 aliphatic rings. The summed E-state index contributed by atoms with van der Waals surface area (Å²) in [5, 5.41) is 21.3. The number of hydrogen-bond donors (Lipinski definition) is 2. The Kier molecular flexibility index (Phi) is 8.50. The molecule has 4 aromatic rings. The molecule has 5 rings (SSSR count). The van der Waals surface area contributed by atoms with Gasteiger partial charge in [0.15, 0.2) is 0 Å². The van der Waals surface area contributed by atoms with Crippen molar-refractivity contribution in [1.82, 2.24) is 9.55 Å². The van der Waals surface area contributed by atoms with E-state index in [2.05, 4.69) is 4.98 Å². The molecule has 0 spiro atoms. The summed E-state index contributed by atoms with van der Waals surface area (Å²) in [6.45, 7) is 1.43. The SMILES string of the molecule is COc1ccc(C(OC[C@H]2O[C@@H](n3cc(C)c(=O)[nH]c3=O)C[C@@]2(O)CC#N)(c2ccccc2)c2ccc(OC)cc2)cc1. The summed E-state index contributed by atoms with van der Waals surface area (Å²) in [6.07, 6.45) is -0.828. The summed E-state index contributed by atoms with van der Waals surface area (Å²) >= 11 is 0. The van der Waals surface area contributed by atoms with E-state index >= 15 is 0 Å². The fraction of sp³-hybridized carbons (Fsp3) is 0.303. The first-order chi connectivity index (χ1) is 20.7. The molecule has 2 heterocycles. The maximum atomic E-state index is 12.7. The Morgan fingerprint density at radius 1 is 0.977 bits per heavy atom. The number of methoxy groups -OCH3 is 2. The zero-order valence-corrected chi connectivity index (χ0v) is 24.2. The molecule has 10 heteroatoms. The molecular formula is C33H33N3O7. The van der Waals surface area contributed by atoms with E-state index in [0.717, 1.165) is 16.7 Å². The van der Waals surface area contributed by atoms with Crippen LogP contribution in [0, 0.1) is 18.3 Å². The molecule has 1 aliphatic heterocycles. The van der Waals surface area contributed by atoms with E-state index in [-0.39, 0.29) is 19.4 Å². The molecule has 43 heavy (non-hydrogen) atoms. The van der Waals surface area contributed by atoms with Gasteiger partial charge in [0, 0.05) is 18.2 Å². The van der Waals surface area contributed by atoms with Crippen molar-refractivity contribution in [3.05, 3.63) is 128 Å². The minimum atomic E-state index is -1.63. The van der Waals surface area contributed by atoms with Crippen LogP contribution in [-0.2, 0) is 15.1 Å². The van der Waals surface area contributed by atoms with Gasteiger partial charge in [-0.25, -0.2) is 4.79 Å². The van der Waals surface area contributed by atoms with E-state index < -0.39 is 34.8 Å². The van der Waals surface area contributed by atoms with Crippen LogP contribution in [0.15, 0.2) is 94.6 Å². The van der Waals surface area contributed by atoms with Gasteiger partial charge in [0.25, 0.3) is 5.56 Å². The molecule has 0 bridgehead atoms. The summed E-state index contributed by atoms with van der Waals surface area (Å²) in [4.78, 5) is 26.9. The van der Waals surface area contributed by atoms with Gasteiger partial charge in [-0.2, -0.15) is 5.26 Å². The Hall–Kier alpha value is -4.69. The lowest BCUT2D eigenvalue weighted by atomic mass is 9.79. The largest absolute Gasteiger partial charge is 0.497 e. The van der Waals surface area contributed by atoms with Crippen LogP contribution < -0.4 is 20.7 Å². The number of nitriles is 1. The molecule has 0 unspecified atom stereocenters. The molecule has 3 atom stereocenters. The number of aliphatic hydroxyl groups is 1. The number of hydrogen-bond acceptors (Lipinski definition) is 8. The van der Waals surface area contributed by atoms with Crippen LogP contribution in [0.5, 0.6) is 11.5 Å². The van der Waals surface area contributed by atoms with E-state index in [1.54, 1.807) is 21.1 Å². The third kappa shape index (κ3) is 5.70. The minimum absolute atomic E-state index is 0.0522. The summed E-state index contributed by atoms with van der Waals surface area (Å²) in [7, 11) is 3.19. The van der Waals surface area contributed by atoms with E-state index in [9.17, 15) is 20.0 Å². The summed E-state index contributed by atoms with van der Waals surface area (Å²) in [6, 6.07) is 26.7. The van der Waals surface area contributed by atoms with Crippen molar-refractivity contribution < 1.29 is 24.1 Å². The van der Waals surface area contributed by atoms with Gasteiger partial charge in [-0.05, 0) is 47.9 Å². The number of aryl methyl sites for hydroxylation is 1. The highest BCUT2D eigenvalue weighted by Crippen LogP contribution is 2.44. The van der Waals surface area contributed by atoms with Gasteiger partial charge < -0.3 is 24.1 Å². The Morgan fingerprint density at radius 2 is 1.53 bits per heavy atom. The average molecular weight is 584 g/mol. The highest BCUT2D eigenvalue weighted by atomic mass is 16.6. The number of benzene rings is 3. The van der Waals surface area contributed by atoms with Crippen molar-refractivity contribution in [2.75, 3.05) is 20.8 Å². The number of ether oxygens (including phenoxy) is 4. The van der Waals surface area contributed by atoms with Crippen molar-refractivity contribution in [1.29, 1.82) is 5.26 Å². The van der Waals surface area contributed by atoms with Gasteiger partial charge in [-0.1, -0.05) is 54.6 Å². The van der Waals surface area contributed by atoms with Gasteiger partial charge in [0.05, 0.1) is 33.3 Å². The summed E-state index contributed by atoms with van der Waals surface area (Å²) < 4.78 is 25.2. The molecule has 1 saturated heterocycles. The molecule has 1 aromatic heterocycles. The maximum absolute atomic E-state index is 12.7. The molecule has 222 valence electrons. The van der Waals surface area contributed by atoms with Crippen LogP contribution >= 0.6 is 0 Å². The van der Waals surface area contributed by atoms with Crippen LogP contribution in [0.4, 0.5) is 0 Å².